The Morgan fingerprint density at radius 1 is 1.43 bits per heavy atom. The van der Waals surface area contributed by atoms with E-state index in [0.29, 0.717) is 18.8 Å². The van der Waals surface area contributed by atoms with E-state index in [4.69, 9.17) is 14.3 Å². The molecule has 1 aromatic heterocycles. The van der Waals surface area contributed by atoms with Crippen molar-refractivity contribution in [1.82, 2.24) is 4.90 Å². The quantitative estimate of drug-likeness (QED) is 0.809. The molecule has 1 aliphatic rings. The fourth-order valence-electron chi connectivity index (χ4n) is 2.20. The van der Waals surface area contributed by atoms with Gasteiger partial charge in [0.2, 0.25) is 5.91 Å². The van der Waals surface area contributed by atoms with Crippen LogP contribution in [0.2, 0.25) is 0 Å². The Bertz CT molecular complexity index is 486. The van der Waals surface area contributed by atoms with Crippen LogP contribution in [-0.4, -0.2) is 47.7 Å². The van der Waals surface area contributed by atoms with E-state index in [2.05, 4.69) is 0 Å². The molecule has 0 bridgehead atoms. The lowest BCUT2D eigenvalue weighted by Gasteiger charge is -2.31. The summed E-state index contributed by atoms with van der Waals surface area (Å²) in [6, 6.07) is 3.55. The van der Waals surface area contributed by atoms with Crippen LogP contribution in [0.3, 0.4) is 0 Å². The number of piperidine rings is 1. The van der Waals surface area contributed by atoms with Crippen molar-refractivity contribution in [1.29, 1.82) is 0 Å². The van der Waals surface area contributed by atoms with Crippen molar-refractivity contribution in [2.75, 3.05) is 19.7 Å². The Labute approximate surface area is 123 Å². The molecular weight excluding hydrogens is 274 g/mol. The van der Waals surface area contributed by atoms with Gasteiger partial charge in [-0.2, -0.15) is 0 Å². The Morgan fingerprint density at radius 3 is 2.81 bits per heavy atom. The highest BCUT2D eigenvalue weighted by Crippen LogP contribution is 2.15. The average molecular weight is 293 g/mol. The highest BCUT2D eigenvalue weighted by molar-refractivity contribution is 5.91. The maximum Gasteiger partial charge on any atom is 0.305 e. The number of hydrogen-bond acceptors (Lipinski definition) is 4. The molecule has 1 aliphatic heterocycles. The second kappa shape index (κ2) is 7.64. The lowest BCUT2D eigenvalue weighted by atomic mass is 10.1. The number of carbonyl (C=O) groups excluding carboxylic acids is 1. The van der Waals surface area contributed by atoms with E-state index < -0.39 is 5.97 Å². The van der Waals surface area contributed by atoms with Crippen LogP contribution in [0.4, 0.5) is 0 Å². The second-order valence-corrected chi connectivity index (χ2v) is 4.89. The zero-order valence-corrected chi connectivity index (χ0v) is 11.7. The smallest absolute Gasteiger partial charge is 0.305 e. The molecule has 114 valence electrons. The van der Waals surface area contributed by atoms with Crippen LogP contribution in [0.5, 0.6) is 0 Å². The first-order valence-corrected chi connectivity index (χ1v) is 6.99. The molecule has 0 atom stereocenters. The number of nitrogens with zero attached hydrogens (tertiary/aromatic N) is 1. The third-order valence-electron chi connectivity index (χ3n) is 3.36. The number of carboxylic acids is 1. The van der Waals surface area contributed by atoms with Gasteiger partial charge in [-0.1, -0.05) is 0 Å². The normalized spacial score (nSPS) is 16.5. The minimum atomic E-state index is -0.856. The van der Waals surface area contributed by atoms with Gasteiger partial charge < -0.3 is 19.2 Å². The molecule has 0 radical (unpaired) electrons. The average Bonchev–Trinajstić information content (AvgIpc) is 2.98. The molecule has 2 heterocycles. The largest absolute Gasteiger partial charge is 0.481 e. The standard InChI is InChI=1S/C15H19NO5/c17-14(4-3-12-2-1-10-20-12)16-8-5-13(6-9-16)21-11-7-15(18)19/h1-4,10,13H,5-9,11H2,(H,18,19). The molecule has 1 amide bonds. The van der Waals surface area contributed by atoms with Crippen LogP contribution in [0, 0.1) is 0 Å². The van der Waals surface area contributed by atoms with Crippen LogP contribution < -0.4 is 0 Å². The van der Waals surface area contributed by atoms with Crippen molar-refractivity contribution in [3.05, 3.63) is 30.2 Å². The van der Waals surface area contributed by atoms with E-state index in [1.165, 1.54) is 6.08 Å². The van der Waals surface area contributed by atoms with E-state index in [9.17, 15) is 9.59 Å². The lowest BCUT2D eigenvalue weighted by Crippen LogP contribution is -2.40. The van der Waals surface area contributed by atoms with Crippen molar-refractivity contribution in [2.24, 2.45) is 0 Å². The number of rotatable bonds is 6. The summed E-state index contributed by atoms with van der Waals surface area (Å²) < 4.78 is 10.6. The number of carbonyl (C=O) groups is 2. The van der Waals surface area contributed by atoms with Gasteiger partial charge in [0.25, 0.3) is 0 Å². The fraction of sp³-hybridized carbons (Fsp3) is 0.467. The maximum atomic E-state index is 12.0. The summed E-state index contributed by atoms with van der Waals surface area (Å²) in [5, 5.41) is 8.55. The van der Waals surface area contributed by atoms with Gasteiger partial charge >= 0.3 is 5.97 Å². The first kappa shape index (κ1) is 15.3. The predicted molar refractivity (Wildman–Crippen MR) is 75.5 cm³/mol. The molecule has 0 aromatic carbocycles. The summed E-state index contributed by atoms with van der Waals surface area (Å²) in [5.41, 5.74) is 0. The van der Waals surface area contributed by atoms with Crippen LogP contribution in [-0.2, 0) is 14.3 Å². The van der Waals surface area contributed by atoms with E-state index in [-0.39, 0.29) is 25.0 Å². The molecular formula is C15H19NO5. The number of amides is 1. The summed E-state index contributed by atoms with van der Waals surface area (Å²) >= 11 is 0. The predicted octanol–water partition coefficient (Wildman–Crippen LogP) is 1.78. The summed E-state index contributed by atoms with van der Waals surface area (Å²) in [7, 11) is 0. The third kappa shape index (κ3) is 5.07. The first-order valence-electron chi connectivity index (χ1n) is 6.99. The second-order valence-electron chi connectivity index (χ2n) is 4.89. The van der Waals surface area contributed by atoms with Crippen molar-refractivity contribution in [3.8, 4) is 0 Å². The van der Waals surface area contributed by atoms with E-state index in [1.807, 2.05) is 0 Å². The molecule has 2 rings (SSSR count). The number of hydrogen-bond donors (Lipinski definition) is 1. The summed E-state index contributed by atoms with van der Waals surface area (Å²) in [4.78, 5) is 24.1. The SMILES string of the molecule is O=C(O)CCOC1CCN(C(=O)C=Cc2ccco2)CC1. The first-order chi connectivity index (χ1) is 10.1. The molecule has 0 saturated carbocycles. The Morgan fingerprint density at radius 2 is 2.19 bits per heavy atom. The van der Waals surface area contributed by atoms with Gasteiger partial charge in [-0.25, -0.2) is 0 Å². The molecule has 1 fully saturated rings. The van der Waals surface area contributed by atoms with Crippen LogP contribution in [0.25, 0.3) is 6.08 Å². The van der Waals surface area contributed by atoms with Gasteiger partial charge in [0.1, 0.15) is 5.76 Å². The topological polar surface area (TPSA) is 80.0 Å². The fourth-order valence-corrected chi connectivity index (χ4v) is 2.20. The van der Waals surface area contributed by atoms with Crippen molar-refractivity contribution >= 4 is 18.0 Å². The molecule has 6 nitrogen and oxygen atoms in total. The number of carboxylic acid groups (broad SMARTS) is 1. The molecule has 21 heavy (non-hydrogen) atoms. The molecule has 0 aliphatic carbocycles. The zero-order valence-electron chi connectivity index (χ0n) is 11.7. The number of likely N-dealkylation sites (tertiary alicyclic amines) is 1. The highest BCUT2D eigenvalue weighted by atomic mass is 16.5. The lowest BCUT2D eigenvalue weighted by molar-refractivity contribution is -0.139. The Kier molecular flexibility index (Phi) is 5.57. The number of furan rings is 1. The molecule has 6 heteroatoms. The van der Waals surface area contributed by atoms with E-state index in [0.717, 1.165) is 12.8 Å². The van der Waals surface area contributed by atoms with Gasteiger partial charge in [-0.3, -0.25) is 9.59 Å². The minimum absolute atomic E-state index is 0.0189. The molecule has 1 aromatic rings. The van der Waals surface area contributed by atoms with Crippen LogP contribution >= 0.6 is 0 Å². The number of aliphatic carboxylic acids is 1. The van der Waals surface area contributed by atoms with Crippen molar-refractivity contribution < 1.29 is 23.8 Å². The van der Waals surface area contributed by atoms with Crippen molar-refractivity contribution in [2.45, 2.75) is 25.4 Å². The van der Waals surface area contributed by atoms with E-state index >= 15 is 0 Å². The van der Waals surface area contributed by atoms with E-state index in [1.54, 1.807) is 29.4 Å². The van der Waals surface area contributed by atoms with Gasteiger partial charge in [-0.05, 0) is 31.1 Å². The Balaban J connectivity index is 1.70. The molecule has 0 unspecified atom stereocenters. The van der Waals surface area contributed by atoms with Crippen LogP contribution in [0.1, 0.15) is 25.0 Å². The van der Waals surface area contributed by atoms with Gasteiger partial charge in [-0.15, -0.1) is 0 Å². The maximum absolute atomic E-state index is 12.0. The monoisotopic (exact) mass is 293 g/mol. The van der Waals surface area contributed by atoms with Crippen molar-refractivity contribution in [3.63, 3.8) is 0 Å². The van der Waals surface area contributed by atoms with Crippen LogP contribution in [0.15, 0.2) is 28.9 Å². The zero-order chi connectivity index (χ0) is 15.1. The highest BCUT2D eigenvalue weighted by Gasteiger charge is 2.22. The number of ether oxygens (including phenoxy) is 1. The molecule has 0 spiro atoms. The summed E-state index contributed by atoms with van der Waals surface area (Å²) in [5.74, 6) is -0.253. The molecule has 1 saturated heterocycles. The van der Waals surface area contributed by atoms with Gasteiger partial charge in [0.05, 0.1) is 25.4 Å². The minimum Gasteiger partial charge on any atom is -0.481 e. The van der Waals surface area contributed by atoms with Gasteiger partial charge in [0, 0.05) is 19.2 Å². The third-order valence-corrected chi connectivity index (χ3v) is 3.36. The summed E-state index contributed by atoms with van der Waals surface area (Å²) in [6.07, 6.45) is 6.25. The molecule has 1 N–H and O–H groups in total. The van der Waals surface area contributed by atoms with Gasteiger partial charge in [0.15, 0.2) is 0 Å². The Hall–Kier alpha value is -2.08. The summed E-state index contributed by atoms with van der Waals surface area (Å²) in [6.45, 7) is 1.48.